The molecule has 2 atom stereocenters. The summed E-state index contributed by atoms with van der Waals surface area (Å²) in [5.41, 5.74) is 0. The molecule has 1 fully saturated rings. The Morgan fingerprint density at radius 1 is 1.45 bits per heavy atom. The summed E-state index contributed by atoms with van der Waals surface area (Å²) in [6.07, 6.45) is 0.751. The van der Waals surface area contributed by atoms with Gasteiger partial charge in [-0.3, -0.25) is 9.59 Å². The number of hydrogen-bond donors (Lipinski definition) is 1. The highest BCUT2D eigenvalue weighted by Crippen LogP contribution is 2.38. The minimum atomic E-state index is -0.0209. The van der Waals surface area contributed by atoms with Crippen LogP contribution in [0.25, 0.3) is 0 Å². The van der Waals surface area contributed by atoms with Gasteiger partial charge in [0.05, 0.1) is 0 Å². The third-order valence-corrected chi connectivity index (χ3v) is 2.00. The highest BCUT2D eigenvalue weighted by molar-refractivity contribution is 5.92. The maximum Gasteiger partial charge on any atom is 0.223 e. The van der Waals surface area contributed by atoms with Gasteiger partial charge in [0, 0.05) is 18.4 Å². The molecule has 0 bridgehead atoms. The lowest BCUT2D eigenvalue weighted by Crippen LogP contribution is -2.25. The lowest BCUT2D eigenvalue weighted by Gasteiger charge is -1.98. The van der Waals surface area contributed by atoms with Crippen LogP contribution in [0.15, 0.2) is 0 Å². The number of hydrogen-bond acceptors (Lipinski definition) is 2. The van der Waals surface area contributed by atoms with E-state index in [1.165, 1.54) is 0 Å². The largest absolute Gasteiger partial charge is 0.356 e. The van der Waals surface area contributed by atoms with Crippen molar-refractivity contribution in [2.45, 2.75) is 20.3 Å². The number of nitrogens with one attached hydrogen (secondary N) is 1. The van der Waals surface area contributed by atoms with E-state index in [9.17, 15) is 9.59 Å². The van der Waals surface area contributed by atoms with E-state index in [0.29, 0.717) is 6.54 Å². The molecule has 1 aliphatic rings. The molecule has 0 spiro atoms. The number of rotatable bonds is 3. The molecule has 0 radical (unpaired) electrons. The number of carbonyl (C=O) groups excluding carboxylic acids is 2. The Balaban J connectivity index is 2.32. The van der Waals surface area contributed by atoms with E-state index >= 15 is 0 Å². The topological polar surface area (TPSA) is 46.2 Å². The van der Waals surface area contributed by atoms with Crippen molar-refractivity contribution < 1.29 is 9.59 Å². The van der Waals surface area contributed by atoms with E-state index in [4.69, 9.17) is 0 Å². The summed E-state index contributed by atoms with van der Waals surface area (Å²) in [6.45, 7) is 4.08. The molecule has 1 rings (SSSR count). The van der Waals surface area contributed by atoms with Crippen molar-refractivity contribution in [3.63, 3.8) is 0 Å². The fourth-order valence-corrected chi connectivity index (χ4v) is 1.24. The van der Waals surface area contributed by atoms with Crippen molar-refractivity contribution in [1.82, 2.24) is 5.32 Å². The Morgan fingerprint density at radius 2 is 2.09 bits per heavy atom. The van der Waals surface area contributed by atoms with Crippen LogP contribution >= 0.6 is 0 Å². The SMILES string of the molecule is CCNC(=O)[C@@H]1C[C@@H]1C(C)=O. The lowest BCUT2D eigenvalue weighted by molar-refractivity contribution is -0.125. The normalized spacial score (nSPS) is 27.8. The number of ketones is 1. The molecular weight excluding hydrogens is 142 g/mol. The summed E-state index contributed by atoms with van der Waals surface area (Å²) in [5.74, 6) is 0.169. The Hall–Kier alpha value is -0.860. The van der Waals surface area contributed by atoms with Crippen molar-refractivity contribution in [1.29, 1.82) is 0 Å². The van der Waals surface area contributed by atoms with Crippen molar-refractivity contribution in [3.8, 4) is 0 Å². The van der Waals surface area contributed by atoms with Crippen molar-refractivity contribution in [2.75, 3.05) is 6.54 Å². The predicted molar refractivity (Wildman–Crippen MR) is 41.0 cm³/mol. The van der Waals surface area contributed by atoms with E-state index in [2.05, 4.69) is 5.32 Å². The lowest BCUT2D eigenvalue weighted by atomic mass is 10.2. The van der Waals surface area contributed by atoms with Crippen LogP contribution < -0.4 is 5.32 Å². The van der Waals surface area contributed by atoms with Crippen LogP contribution in [-0.4, -0.2) is 18.2 Å². The Kier molecular flexibility index (Phi) is 2.27. The third kappa shape index (κ3) is 1.79. The summed E-state index contributed by atoms with van der Waals surface area (Å²) in [7, 11) is 0. The van der Waals surface area contributed by atoms with Gasteiger partial charge >= 0.3 is 0 Å². The quantitative estimate of drug-likeness (QED) is 0.639. The van der Waals surface area contributed by atoms with E-state index in [-0.39, 0.29) is 23.5 Å². The molecule has 0 aromatic heterocycles. The molecule has 11 heavy (non-hydrogen) atoms. The summed E-state index contributed by atoms with van der Waals surface area (Å²) in [4.78, 5) is 21.8. The molecule has 62 valence electrons. The second kappa shape index (κ2) is 3.03. The molecule has 1 amide bonds. The Labute approximate surface area is 66.2 Å². The molecule has 0 heterocycles. The number of Topliss-reactive ketones (excluding diaryl/α,β-unsaturated/α-hetero) is 1. The average molecular weight is 155 g/mol. The van der Waals surface area contributed by atoms with E-state index < -0.39 is 0 Å². The van der Waals surface area contributed by atoms with Crippen LogP contribution in [0.2, 0.25) is 0 Å². The maximum atomic E-state index is 11.1. The van der Waals surface area contributed by atoms with E-state index in [0.717, 1.165) is 6.42 Å². The van der Waals surface area contributed by atoms with Crippen molar-refractivity contribution in [3.05, 3.63) is 0 Å². The first-order chi connectivity index (χ1) is 5.16. The fourth-order valence-electron chi connectivity index (χ4n) is 1.24. The highest BCUT2D eigenvalue weighted by atomic mass is 16.2. The van der Waals surface area contributed by atoms with Gasteiger partial charge in [-0.15, -0.1) is 0 Å². The van der Waals surface area contributed by atoms with Crippen molar-refractivity contribution >= 4 is 11.7 Å². The van der Waals surface area contributed by atoms with Gasteiger partial charge in [-0.2, -0.15) is 0 Å². The molecule has 1 N–H and O–H groups in total. The standard InChI is InChI=1S/C8H13NO2/c1-3-9-8(11)7-4-6(7)5(2)10/h6-7H,3-4H2,1-2H3,(H,9,11)/t6-,7-/m1/s1. The van der Waals surface area contributed by atoms with Gasteiger partial charge in [0.1, 0.15) is 5.78 Å². The molecular formula is C8H13NO2. The smallest absolute Gasteiger partial charge is 0.223 e. The summed E-state index contributed by atoms with van der Waals surface area (Å²) in [5, 5.41) is 2.70. The molecule has 0 saturated heterocycles. The van der Waals surface area contributed by atoms with Gasteiger partial charge in [0.15, 0.2) is 0 Å². The van der Waals surface area contributed by atoms with Gasteiger partial charge in [-0.1, -0.05) is 0 Å². The number of amides is 1. The van der Waals surface area contributed by atoms with Crippen LogP contribution in [0.4, 0.5) is 0 Å². The fraction of sp³-hybridized carbons (Fsp3) is 0.750. The monoisotopic (exact) mass is 155 g/mol. The second-order valence-electron chi connectivity index (χ2n) is 2.95. The molecule has 0 unspecified atom stereocenters. The Morgan fingerprint density at radius 3 is 2.45 bits per heavy atom. The van der Waals surface area contributed by atoms with Crippen LogP contribution in [0.1, 0.15) is 20.3 Å². The van der Waals surface area contributed by atoms with Crippen molar-refractivity contribution in [2.24, 2.45) is 11.8 Å². The van der Waals surface area contributed by atoms with Crippen LogP contribution in [0, 0.1) is 11.8 Å². The van der Waals surface area contributed by atoms with Crippen LogP contribution in [0.5, 0.6) is 0 Å². The van der Waals surface area contributed by atoms with E-state index in [1.54, 1.807) is 6.92 Å². The predicted octanol–water partition coefficient (Wildman–Crippen LogP) is 0.348. The molecule has 1 saturated carbocycles. The maximum absolute atomic E-state index is 11.1. The number of carbonyl (C=O) groups is 2. The van der Waals surface area contributed by atoms with Gasteiger partial charge in [0.25, 0.3) is 0 Å². The third-order valence-electron chi connectivity index (χ3n) is 2.00. The first-order valence-corrected chi connectivity index (χ1v) is 3.95. The van der Waals surface area contributed by atoms with Crippen LogP contribution in [0.3, 0.4) is 0 Å². The minimum absolute atomic E-state index is 0.0153. The zero-order valence-electron chi connectivity index (χ0n) is 6.89. The second-order valence-corrected chi connectivity index (χ2v) is 2.95. The first-order valence-electron chi connectivity index (χ1n) is 3.95. The van der Waals surface area contributed by atoms with E-state index in [1.807, 2.05) is 6.92 Å². The zero-order chi connectivity index (χ0) is 8.43. The molecule has 1 aliphatic carbocycles. The summed E-state index contributed by atoms with van der Waals surface area (Å²) < 4.78 is 0. The molecule has 0 aliphatic heterocycles. The summed E-state index contributed by atoms with van der Waals surface area (Å²) in [6, 6.07) is 0. The molecule has 3 nitrogen and oxygen atoms in total. The minimum Gasteiger partial charge on any atom is -0.356 e. The van der Waals surface area contributed by atoms with Gasteiger partial charge < -0.3 is 5.32 Å². The van der Waals surface area contributed by atoms with Crippen LogP contribution in [-0.2, 0) is 9.59 Å². The molecule has 0 aromatic rings. The molecule has 3 heteroatoms. The first kappa shape index (κ1) is 8.24. The van der Waals surface area contributed by atoms with Gasteiger partial charge in [0.2, 0.25) is 5.91 Å². The summed E-state index contributed by atoms with van der Waals surface area (Å²) >= 11 is 0. The van der Waals surface area contributed by atoms with Gasteiger partial charge in [-0.05, 0) is 20.3 Å². The Bertz CT molecular complexity index is 189. The van der Waals surface area contributed by atoms with Gasteiger partial charge in [-0.25, -0.2) is 0 Å². The highest BCUT2D eigenvalue weighted by Gasteiger charge is 2.45. The zero-order valence-corrected chi connectivity index (χ0v) is 6.89. The average Bonchev–Trinajstić information content (AvgIpc) is 2.65. The molecule has 0 aromatic carbocycles.